The van der Waals surface area contributed by atoms with E-state index >= 15 is 0 Å². The molecular formula is C10H11CoNO2. The van der Waals surface area contributed by atoms with Crippen molar-refractivity contribution in [3.8, 4) is 0 Å². The molecule has 77 valence electrons. The maximum Gasteiger partial charge on any atom is 0.231 e. The van der Waals surface area contributed by atoms with Crippen molar-refractivity contribution in [2.24, 2.45) is 0 Å². The van der Waals surface area contributed by atoms with Gasteiger partial charge in [-0.2, -0.15) is 0 Å². The number of ketones is 1. The summed E-state index contributed by atoms with van der Waals surface area (Å²) in [4.78, 5) is 21.7. The first-order valence-corrected chi connectivity index (χ1v) is 4.03. The van der Waals surface area contributed by atoms with Crippen LogP contribution in [0.15, 0.2) is 30.3 Å². The van der Waals surface area contributed by atoms with Crippen molar-refractivity contribution in [2.75, 3.05) is 5.32 Å². The quantitative estimate of drug-likeness (QED) is 0.810. The van der Waals surface area contributed by atoms with Gasteiger partial charge in [0.15, 0.2) is 0 Å². The average molecular weight is 236 g/mol. The molecule has 0 saturated carbocycles. The Balaban J connectivity index is 0.00000169. The van der Waals surface area contributed by atoms with E-state index in [9.17, 15) is 9.59 Å². The number of carbonyl (C=O) groups excluding carboxylic acids is 2. The third kappa shape index (κ3) is 4.79. The maximum atomic E-state index is 11.1. The van der Waals surface area contributed by atoms with Crippen molar-refractivity contribution in [1.29, 1.82) is 0 Å². The number of amides is 1. The molecule has 14 heavy (non-hydrogen) atoms. The fraction of sp³-hybridized carbons (Fsp3) is 0.200. The monoisotopic (exact) mass is 236 g/mol. The molecule has 1 aromatic rings. The van der Waals surface area contributed by atoms with Gasteiger partial charge in [-0.05, 0) is 19.1 Å². The fourth-order valence-corrected chi connectivity index (χ4v) is 0.953. The Morgan fingerprint density at radius 1 is 1.21 bits per heavy atom. The third-order valence-corrected chi connectivity index (χ3v) is 1.47. The molecule has 0 saturated heterocycles. The van der Waals surface area contributed by atoms with Gasteiger partial charge in [-0.3, -0.25) is 9.59 Å². The van der Waals surface area contributed by atoms with E-state index in [1.54, 1.807) is 12.1 Å². The van der Waals surface area contributed by atoms with E-state index in [1.807, 2.05) is 18.2 Å². The van der Waals surface area contributed by atoms with Crippen molar-refractivity contribution in [3.05, 3.63) is 30.3 Å². The van der Waals surface area contributed by atoms with Crippen LogP contribution in [0.4, 0.5) is 5.69 Å². The molecule has 0 aromatic heterocycles. The number of Topliss-reactive ketones (excluding diaryl/α,β-unsaturated/α-hetero) is 1. The van der Waals surface area contributed by atoms with Gasteiger partial charge in [0.05, 0.1) is 6.42 Å². The van der Waals surface area contributed by atoms with E-state index < -0.39 is 0 Å². The number of nitrogens with one attached hydrogen (secondary N) is 1. The number of benzene rings is 1. The van der Waals surface area contributed by atoms with Crippen LogP contribution in [0.2, 0.25) is 0 Å². The Bertz CT molecular complexity index is 311. The summed E-state index contributed by atoms with van der Waals surface area (Å²) in [5.74, 6) is -0.396. The standard InChI is InChI=1S/C10H11NO2.Co/c1-8(12)7-10(13)11-9-5-3-2-4-6-9;/h2-6H,7H2,1H3,(H,11,13);. The average Bonchev–Trinajstić information content (AvgIpc) is 2.04. The van der Waals surface area contributed by atoms with E-state index in [2.05, 4.69) is 5.32 Å². The van der Waals surface area contributed by atoms with Crippen LogP contribution in [0.1, 0.15) is 13.3 Å². The van der Waals surface area contributed by atoms with Gasteiger partial charge >= 0.3 is 0 Å². The summed E-state index contributed by atoms with van der Waals surface area (Å²) >= 11 is 0. The van der Waals surface area contributed by atoms with Gasteiger partial charge in [-0.1, -0.05) is 18.2 Å². The number of hydrogen-bond donors (Lipinski definition) is 1. The van der Waals surface area contributed by atoms with Gasteiger partial charge < -0.3 is 5.32 Å². The molecular weight excluding hydrogens is 225 g/mol. The van der Waals surface area contributed by atoms with Crippen LogP contribution in [0.25, 0.3) is 0 Å². The molecule has 0 aliphatic heterocycles. The van der Waals surface area contributed by atoms with Crippen LogP contribution in [0.3, 0.4) is 0 Å². The van der Waals surface area contributed by atoms with Crippen LogP contribution in [0, 0.1) is 0 Å². The second-order valence-electron chi connectivity index (χ2n) is 2.79. The van der Waals surface area contributed by atoms with Crippen molar-refractivity contribution in [2.45, 2.75) is 13.3 Å². The first-order chi connectivity index (χ1) is 6.18. The number of carbonyl (C=O) groups is 2. The van der Waals surface area contributed by atoms with Crippen molar-refractivity contribution < 1.29 is 26.4 Å². The Kier molecular flexibility index (Phi) is 5.83. The summed E-state index contributed by atoms with van der Waals surface area (Å²) in [5.41, 5.74) is 0.716. The van der Waals surface area contributed by atoms with Gasteiger partial charge in [0.1, 0.15) is 5.78 Å². The SMILES string of the molecule is CC(=O)CC(=O)Nc1ccccc1.[Co]. The van der Waals surface area contributed by atoms with Crippen LogP contribution in [-0.4, -0.2) is 11.7 Å². The predicted octanol–water partition coefficient (Wildman–Crippen LogP) is 1.60. The predicted molar refractivity (Wildman–Crippen MR) is 50.4 cm³/mol. The molecule has 3 nitrogen and oxygen atoms in total. The van der Waals surface area contributed by atoms with Crippen LogP contribution < -0.4 is 5.32 Å². The molecule has 0 atom stereocenters. The topological polar surface area (TPSA) is 46.2 Å². The van der Waals surface area contributed by atoms with Crippen LogP contribution in [-0.2, 0) is 26.4 Å². The van der Waals surface area contributed by atoms with Gasteiger partial charge in [-0.15, -0.1) is 0 Å². The second kappa shape index (κ2) is 6.34. The summed E-state index contributed by atoms with van der Waals surface area (Å²) in [6, 6.07) is 9.06. The maximum absolute atomic E-state index is 11.1. The molecule has 4 heteroatoms. The largest absolute Gasteiger partial charge is 0.326 e. The van der Waals surface area contributed by atoms with E-state index in [0.717, 1.165) is 0 Å². The molecule has 1 aromatic carbocycles. The summed E-state index contributed by atoms with van der Waals surface area (Å²) in [6.45, 7) is 1.39. The van der Waals surface area contributed by atoms with E-state index in [1.165, 1.54) is 6.92 Å². The molecule has 1 rings (SSSR count). The minimum atomic E-state index is -0.265. The van der Waals surface area contributed by atoms with Crippen molar-refractivity contribution in [1.82, 2.24) is 0 Å². The first kappa shape index (κ1) is 12.9. The molecule has 0 bridgehead atoms. The third-order valence-electron chi connectivity index (χ3n) is 1.47. The fourth-order valence-electron chi connectivity index (χ4n) is 0.953. The van der Waals surface area contributed by atoms with E-state index in [0.29, 0.717) is 5.69 Å². The molecule has 1 radical (unpaired) electrons. The summed E-state index contributed by atoms with van der Waals surface area (Å²) in [6.07, 6.45) is -0.0606. The van der Waals surface area contributed by atoms with Crippen LogP contribution in [0.5, 0.6) is 0 Å². The van der Waals surface area contributed by atoms with Gasteiger partial charge in [0, 0.05) is 22.5 Å². The zero-order valence-corrected chi connectivity index (χ0v) is 8.78. The van der Waals surface area contributed by atoms with Gasteiger partial charge in [0.25, 0.3) is 0 Å². The minimum absolute atomic E-state index is 0. The molecule has 0 aliphatic rings. The minimum Gasteiger partial charge on any atom is -0.326 e. The van der Waals surface area contributed by atoms with Crippen LogP contribution >= 0.6 is 0 Å². The van der Waals surface area contributed by atoms with Gasteiger partial charge in [0.2, 0.25) is 5.91 Å². The Morgan fingerprint density at radius 3 is 2.29 bits per heavy atom. The second-order valence-corrected chi connectivity index (χ2v) is 2.79. The molecule has 0 heterocycles. The Morgan fingerprint density at radius 2 is 1.79 bits per heavy atom. The molecule has 1 amide bonds. The Hall–Kier alpha value is -1.13. The number of rotatable bonds is 3. The Labute approximate surface area is 93.1 Å². The molecule has 0 spiro atoms. The van der Waals surface area contributed by atoms with E-state index in [4.69, 9.17) is 0 Å². The molecule has 1 N–H and O–H groups in total. The number of anilines is 1. The molecule has 0 unspecified atom stereocenters. The first-order valence-electron chi connectivity index (χ1n) is 4.03. The van der Waals surface area contributed by atoms with Crippen molar-refractivity contribution >= 4 is 17.4 Å². The van der Waals surface area contributed by atoms with Gasteiger partial charge in [-0.25, -0.2) is 0 Å². The smallest absolute Gasteiger partial charge is 0.231 e. The number of hydrogen-bond acceptors (Lipinski definition) is 2. The molecule has 0 aliphatic carbocycles. The van der Waals surface area contributed by atoms with E-state index in [-0.39, 0.29) is 34.9 Å². The normalized spacial score (nSPS) is 8.64. The zero-order valence-electron chi connectivity index (χ0n) is 7.74. The summed E-state index contributed by atoms with van der Waals surface area (Å²) < 4.78 is 0. The molecule has 0 fully saturated rings. The van der Waals surface area contributed by atoms with Crippen molar-refractivity contribution in [3.63, 3.8) is 0 Å². The summed E-state index contributed by atoms with van der Waals surface area (Å²) in [7, 11) is 0. The zero-order chi connectivity index (χ0) is 9.68. The summed E-state index contributed by atoms with van der Waals surface area (Å²) in [5, 5.41) is 2.61. The number of para-hydroxylation sites is 1.